The van der Waals surface area contributed by atoms with Gasteiger partial charge in [-0.3, -0.25) is 0 Å². The van der Waals surface area contributed by atoms with E-state index < -0.39 is 11.6 Å². The number of amides is 1. The topological polar surface area (TPSA) is 49.3 Å². The Hall–Kier alpha value is -0.580. The van der Waals surface area contributed by atoms with Crippen molar-refractivity contribution in [3.63, 3.8) is 0 Å². The van der Waals surface area contributed by atoms with Gasteiger partial charge in [-0.15, -0.1) is 0 Å². The maximum absolute atomic E-state index is 11.2. The van der Waals surface area contributed by atoms with Gasteiger partial charge in [-0.2, -0.15) is 8.78 Å². The molecule has 0 aromatic rings. The van der Waals surface area contributed by atoms with Gasteiger partial charge in [-0.1, -0.05) is 0 Å². The van der Waals surface area contributed by atoms with E-state index in [4.69, 9.17) is 5.11 Å². The van der Waals surface area contributed by atoms with Crippen LogP contribution in [0.25, 0.3) is 0 Å². The minimum absolute atomic E-state index is 0.731. The Kier molecular flexibility index (Phi) is 1.97. The van der Waals surface area contributed by atoms with Crippen molar-refractivity contribution in [2.75, 3.05) is 0 Å². The zero-order valence-corrected chi connectivity index (χ0v) is 4.25. The first-order valence-electron chi connectivity index (χ1n) is 1.49. The molecule has 0 aliphatic rings. The standard InChI is InChI=1S/C2H2ClF2NO2/c3-2(4,5)6-1(7)8/h6H,(H,7,8). The number of carboxylic acid groups (broad SMARTS) is 1. The van der Waals surface area contributed by atoms with E-state index >= 15 is 0 Å². The molecule has 1 amide bonds. The number of hydrogen-bond donors (Lipinski definition) is 2. The largest absolute Gasteiger partial charge is 0.465 e. The van der Waals surface area contributed by atoms with Crippen molar-refractivity contribution in [2.24, 2.45) is 0 Å². The first-order chi connectivity index (χ1) is 3.42. The molecular weight excluding hydrogens is 143 g/mol. The summed E-state index contributed by atoms with van der Waals surface area (Å²) in [6.45, 7) is 0. The van der Waals surface area contributed by atoms with E-state index in [0.717, 1.165) is 5.32 Å². The predicted octanol–water partition coefficient (Wildman–Crippen LogP) is 1.04. The molecule has 0 fully saturated rings. The lowest BCUT2D eigenvalue weighted by molar-refractivity contribution is 0.0570. The molecule has 3 nitrogen and oxygen atoms in total. The fraction of sp³-hybridized carbons (Fsp3) is 0.500. The summed E-state index contributed by atoms with van der Waals surface area (Å²) in [4.78, 5) is 9.34. The Bertz CT molecular complexity index is 101. The number of halogens is 3. The second-order valence-corrected chi connectivity index (χ2v) is 1.40. The van der Waals surface area contributed by atoms with Gasteiger partial charge in [0.05, 0.1) is 0 Å². The van der Waals surface area contributed by atoms with Crippen molar-refractivity contribution in [1.82, 2.24) is 5.32 Å². The molecule has 0 aliphatic heterocycles. The lowest BCUT2D eigenvalue weighted by atomic mass is 11.0. The van der Waals surface area contributed by atoms with Gasteiger partial charge in [0.2, 0.25) is 0 Å². The Morgan fingerprint density at radius 2 is 2.12 bits per heavy atom. The molecule has 0 radical (unpaired) electrons. The maximum atomic E-state index is 11.2. The summed E-state index contributed by atoms with van der Waals surface area (Å²) in [5, 5.41) is 8.30. The van der Waals surface area contributed by atoms with Gasteiger partial charge in [-0.25, -0.2) is 10.1 Å². The van der Waals surface area contributed by atoms with E-state index in [2.05, 4.69) is 11.6 Å². The van der Waals surface area contributed by atoms with Crippen LogP contribution in [-0.2, 0) is 0 Å². The van der Waals surface area contributed by atoms with Crippen molar-refractivity contribution >= 4 is 17.7 Å². The quantitative estimate of drug-likeness (QED) is 0.428. The summed E-state index contributed by atoms with van der Waals surface area (Å²) in [6, 6.07) is 0. The lowest BCUT2D eigenvalue weighted by Crippen LogP contribution is -2.34. The first kappa shape index (κ1) is 7.42. The minimum atomic E-state index is -3.86. The highest BCUT2D eigenvalue weighted by Gasteiger charge is 2.26. The molecule has 0 aliphatic carbocycles. The van der Waals surface area contributed by atoms with E-state index in [-0.39, 0.29) is 0 Å². The minimum Gasteiger partial charge on any atom is -0.465 e. The third kappa shape index (κ3) is 5.42. The second-order valence-electron chi connectivity index (χ2n) is 0.928. The molecule has 0 aromatic carbocycles. The highest BCUT2D eigenvalue weighted by atomic mass is 35.5. The number of rotatable bonds is 1. The normalized spacial score (nSPS) is 10.9. The zero-order chi connectivity index (χ0) is 6.78. The van der Waals surface area contributed by atoms with Crippen LogP contribution in [0.4, 0.5) is 13.6 Å². The van der Waals surface area contributed by atoms with Crippen LogP contribution in [0, 0.1) is 0 Å². The van der Waals surface area contributed by atoms with Crippen LogP contribution in [0.15, 0.2) is 0 Å². The fourth-order valence-corrected chi connectivity index (χ4v) is 0.202. The highest BCUT2D eigenvalue weighted by Crippen LogP contribution is 2.12. The van der Waals surface area contributed by atoms with Gasteiger partial charge in [-0.05, 0) is 11.6 Å². The van der Waals surface area contributed by atoms with Crippen LogP contribution < -0.4 is 5.32 Å². The molecule has 0 aromatic heterocycles. The molecule has 0 saturated heterocycles. The molecule has 2 N–H and O–H groups in total. The van der Waals surface area contributed by atoms with Crippen LogP contribution in [0.3, 0.4) is 0 Å². The number of carbonyl (C=O) groups is 1. The number of alkyl halides is 3. The van der Waals surface area contributed by atoms with Crippen molar-refractivity contribution in [3.05, 3.63) is 0 Å². The summed E-state index contributed by atoms with van der Waals surface area (Å²) in [5.74, 6) is 0. The SMILES string of the molecule is O=C(O)NC(F)(F)Cl. The van der Waals surface area contributed by atoms with E-state index in [1.165, 1.54) is 0 Å². The molecule has 0 rings (SSSR count). The molecule has 6 heteroatoms. The average molecular weight is 145 g/mol. The predicted molar refractivity (Wildman–Crippen MR) is 22.0 cm³/mol. The molecular formula is C2H2ClF2NO2. The van der Waals surface area contributed by atoms with E-state index in [1.807, 2.05) is 0 Å². The molecule has 8 heavy (non-hydrogen) atoms. The first-order valence-corrected chi connectivity index (χ1v) is 1.87. The van der Waals surface area contributed by atoms with Crippen LogP contribution in [0.5, 0.6) is 0 Å². The highest BCUT2D eigenvalue weighted by molar-refractivity contribution is 6.22. The maximum Gasteiger partial charge on any atom is 0.410 e. The Labute approximate surface area is 48.2 Å². The van der Waals surface area contributed by atoms with Gasteiger partial charge < -0.3 is 5.11 Å². The molecule has 0 unspecified atom stereocenters. The average Bonchev–Trinajstić information content (AvgIpc) is 1.21. The van der Waals surface area contributed by atoms with Crippen molar-refractivity contribution in [3.8, 4) is 0 Å². The molecule has 0 bridgehead atoms. The van der Waals surface area contributed by atoms with Crippen LogP contribution in [-0.4, -0.2) is 16.7 Å². The van der Waals surface area contributed by atoms with Gasteiger partial charge >= 0.3 is 11.6 Å². The Morgan fingerprint density at radius 3 is 2.12 bits per heavy atom. The third-order valence-electron chi connectivity index (χ3n) is 0.249. The molecule has 48 valence electrons. The third-order valence-corrected chi connectivity index (χ3v) is 0.343. The Balaban J connectivity index is 3.55. The lowest BCUT2D eigenvalue weighted by Gasteiger charge is -2.03. The van der Waals surface area contributed by atoms with Crippen molar-refractivity contribution in [2.45, 2.75) is 5.51 Å². The van der Waals surface area contributed by atoms with Crippen LogP contribution in [0.2, 0.25) is 0 Å². The summed E-state index contributed by atoms with van der Waals surface area (Å²) < 4.78 is 22.5. The fourth-order valence-electron chi connectivity index (χ4n) is 0.121. The second kappa shape index (κ2) is 2.13. The van der Waals surface area contributed by atoms with Gasteiger partial charge in [0.1, 0.15) is 0 Å². The molecule has 0 spiro atoms. The van der Waals surface area contributed by atoms with Gasteiger partial charge in [0.25, 0.3) is 0 Å². The number of nitrogens with one attached hydrogen (secondary N) is 1. The van der Waals surface area contributed by atoms with Crippen molar-refractivity contribution < 1.29 is 18.7 Å². The summed E-state index contributed by atoms with van der Waals surface area (Å²) in [6.07, 6.45) is -1.86. The molecule has 0 saturated carbocycles. The summed E-state index contributed by atoms with van der Waals surface area (Å²) in [7, 11) is 0. The monoisotopic (exact) mass is 145 g/mol. The zero-order valence-electron chi connectivity index (χ0n) is 3.49. The van der Waals surface area contributed by atoms with Crippen molar-refractivity contribution in [1.29, 1.82) is 0 Å². The molecule has 0 atom stereocenters. The van der Waals surface area contributed by atoms with E-state index in [1.54, 1.807) is 0 Å². The van der Waals surface area contributed by atoms with Gasteiger partial charge in [0.15, 0.2) is 0 Å². The van der Waals surface area contributed by atoms with Crippen LogP contribution in [0.1, 0.15) is 0 Å². The van der Waals surface area contributed by atoms with Crippen LogP contribution >= 0.6 is 11.6 Å². The summed E-state index contributed by atoms with van der Waals surface area (Å²) >= 11 is 4.10. The molecule has 0 heterocycles. The summed E-state index contributed by atoms with van der Waals surface area (Å²) in [5.41, 5.74) is -3.86. The number of hydrogen-bond acceptors (Lipinski definition) is 1. The van der Waals surface area contributed by atoms with E-state index in [0.29, 0.717) is 0 Å². The van der Waals surface area contributed by atoms with Gasteiger partial charge in [0, 0.05) is 0 Å². The smallest absolute Gasteiger partial charge is 0.410 e. The Morgan fingerprint density at radius 1 is 1.75 bits per heavy atom. The van der Waals surface area contributed by atoms with E-state index in [9.17, 15) is 13.6 Å².